The van der Waals surface area contributed by atoms with Crippen LogP contribution >= 0.6 is 0 Å². The highest BCUT2D eigenvalue weighted by Gasteiger charge is 2.25. The number of hydrogen-bond acceptors (Lipinski definition) is 5. The third-order valence-corrected chi connectivity index (χ3v) is 4.90. The Hall–Kier alpha value is -2.88. The second kappa shape index (κ2) is 10.9. The minimum Gasteiger partial charge on any atom is -0.493 e. The molecule has 1 unspecified atom stereocenters. The first kappa shape index (κ1) is 22.8. The molecular formula is C21H29F2N5O3. The minimum atomic E-state index is -2.91. The van der Waals surface area contributed by atoms with Gasteiger partial charge in [-0.2, -0.15) is 13.9 Å². The van der Waals surface area contributed by atoms with Gasteiger partial charge in [0, 0.05) is 38.4 Å². The number of guanidine groups is 1. The lowest BCUT2D eigenvalue weighted by atomic mass is 10.1. The number of nitrogens with one attached hydrogen (secondary N) is 1. The Labute approximate surface area is 180 Å². The van der Waals surface area contributed by atoms with Crippen LogP contribution in [0.4, 0.5) is 8.78 Å². The first-order chi connectivity index (χ1) is 15.0. The van der Waals surface area contributed by atoms with E-state index in [0.29, 0.717) is 26.1 Å². The van der Waals surface area contributed by atoms with Gasteiger partial charge >= 0.3 is 6.61 Å². The molecule has 1 fully saturated rings. The standard InChI is InChI=1S/C21H29F2N5O3/c1-4-24-21(28-9-10-30-19(14-28)16-12-26-27(2)13-16)25-8-7-15-5-6-17(29-3)18(11-15)31-20(22)23/h5-6,11-13,19-20H,4,7-10,14H2,1-3H3,(H,24,25). The van der Waals surface area contributed by atoms with Crippen molar-refractivity contribution < 1.29 is 23.0 Å². The smallest absolute Gasteiger partial charge is 0.387 e. The second-order valence-corrected chi connectivity index (χ2v) is 7.10. The summed E-state index contributed by atoms with van der Waals surface area (Å²) >= 11 is 0. The Bertz CT molecular complexity index is 874. The van der Waals surface area contributed by atoms with E-state index in [0.717, 1.165) is 30.2 Å². The number of methoxy groups -OCH3 is 1. The van der Waals surface area contributed by atoms with Gasteiger partial charge in [-0.05, 0) is 31.0 Å². The molecular weight excluding hydrogens is 408 g/mol. The highest BCUT2D eigenvalue weighted by Crippen LogP contribution is 2.29. The van der Waals surface area contributed by atoms with Crippen molar-refractivity contribution in [1.29, 1.82) is 0 Å². The van der Waals surface area contributed by atoms with Crippen molar-refractivity contribution >= 4 is 5.96 Å². The van der Waals surface area contributed by atoms with Crippen LogP contribution in [0.2, 0.25) is 0 Å². The number of nitrogens with zero attached hydrogens (tertiary/aromatic N) is 4. The number of morpholine rings is 1. The number of hydrogen-bond donors (Lipinski definition) is 1. The predicted molar refractivity (Wildman–Crippen MR) is 113 cm³/mol. The summed E-state index contributed by atoms with van der Waals surface area (Å²) in [4.78, 5) is 6.90. The molecule has 8 nitrogen and oxygen atoms in total. The van der Waals surface area contributed by atoms with E-state index in [-0.39, 0.29) is 17.6 Å². The summed E-state index contributed by atoms with van der Waals surface area (Å²) < 4.78 is 42.6. The Morgan fingerprint density at radius 3 is 2.90 bits per heavy atom. The van der Waals surface area contributed by atoms with Crippen LogP contribution in [0, 0.1) is 0 Å². The molecule has 1 saturated heterocycles. The van der Waals surface area contributed by atoms with Gasteiger partial charge in [0.2, 0.25) is 0 Å². The van der Waals surface area contributed by atoms with E-state index >= 15 is 0 Å². The first-order valence-electron chi connectivity index (χ1n) is 10.2. The molecule has 0 amide bonds. The maximum atomic E-state index is 12.6. The van der Waals surface area contributed by atoms with Gasteiger partial charge in [-0.25, -0.2) is 0 Å². The molecule has 0 bridgehead atoms. The molecule has 1 atom stereocenters. The number of alkyl halides is 2. The zero-order valence-electron chi connectivity index (χ0n) is 18.1. The van der Waals surface area contributed by atoms with Crippen molar-refractivity contribution in [2.24, 2.45) is 12.0 Å². The molecule has 170 valence electrons. The second-order valence-electron chi connectivity index (χ2n) is 7.10. The number of benzene rings is 1. The number of aryl methyl sites for hydroxylation is 1. The fourth-order valence-electron chi connectivity index (χ4n) is 3.43. The van der Waals surface area contributed by atoms with Gasteiger partial charge in [0.15, 0.2) is 17.5 Å². The van der Waals surface area contributed by atoms with Crippen LogP contribution in [0.5, 0.6) is 11.5 Å². The van der Waals surface area contributed by atoms with Gasteiger partial charge in [-0.1, -0.05) is 6.07 Å². The lowest BCUT2D eigenvalue weighted by Crippen LogP contribution is -2.48. The van der Waals surface area contributed by atoms with Crippen LogP contribution in [0.25, 0.3) is 0 Å². The fraction of sp³-hybridized carbons (Fsp3) is 0.524. The maximum absolute atomic E-state index is 12.6. The molecule has 10 heteroatoms. The average molecular weight is 437 g/mol. The largest absolute Gasteiger partial charge is 0.493 e. The van der Waals surface area contributed by atoms with Crippen molar-refractivity contribution in [3.05, 3.63) is 41.7 Å². The SMILES string of the molecule is CCNC(=NCCc1ccc(OC)c(OC(F)F)c1)N1CCOC(c2cnn(C)c2)C1. The van der Waals surface area contributed by atoms with Gasteiger partial charge in [0.05, 0.1) is 26.5 Å². The molecule has 31 heavy (non-hydrogen) atoms. The molecule has 1 aliphatic rings. The maximum Gasteiger partial charge on any atom is 0.387 e. The summed E-state index contributed by atoms with van der Waals surface area (Å²) in [5, 5.41) is 7.55. The molecule has 0 spiro atoms. The normalized spacial score (nSPS) is 17.2. The Morgan fingerprint density at radius 1 is 1.39 bits per heavy atom. The minimum absolute atomic E-state index is 0.0263. The summed E-state index contributed by atoms with van der Waals surface area (Å²) in [5.74, 6) is 1.10. The summed E-state index contributed by atoms with van der Waals surface area (Å²) in [6.07, 6.45) is 4.29. The van der Waals surface area contributed by atoms with Gasteiger partial charge in [-0.3, -0.25) is 9.67 Å². The zero-order valence-corrected chi connectivity index (χ0v) is 18.1. The van der Waals surface area contributed by atoms with Gasteiger partial charge < -0.3 is 24.4 Å². The van der Waals surface area contributed by atoms with Crippen molar-refractivity contribution in [2.45, 2.75) is 26.1 Å². The summed E-state index contributed by atoms with van der Waals surface area (Å²) in [6, 6.07) is 5.02. The summed E-state index contributed by atoms with van der Waals surface area (Å²) in [6.45, 7) is 2.35. The number of halogens is 2. The van der Waals surface area contributed by atoms with Crippen LogP contribution in [0.15, 0.2) is 35.6 Å². The average Bonchev–Trinajstić information content (AvgIpc) is 3.19. The third kappa shape index (κ3) is 6.30. The monoisotopic (exact) mass is 437 g/mol. The van der Waals surface area contributed by atoms with Crippen molar-refractivity contribution in [3.8, 4) is 11.5 Å². The van der Waals surface area contributed by atoms with E-state index in [9.17, 15) is 8.78 Å². The van der Waals surface area contributed by atoms with Crippen LogP contribution in [0.3, 0.4) is 0 Å². The summed E-state index contributed by atoms with van der Waals surface area (Å²) in [5.41, 5.74) is 1.87. The van der Waals surface area contributed by atoms with E-state index in [1.807, 2.05) is 32.4 Å². The van der Waals surface area contributed by atoms with Crippen molar-refractivity contribution in [1.82, 2.24) is 20.0 Å². The van der Waals surface area contributed by atoms with Gasteiger partial charge in [0.25, 0.3) is 0 Å². The topological polar surface area (TPSA) is 73.1 Å². The molecule has 2 heterocycles. The summed E-state index contributed by atoms with van der Waals surface area (Å²) in [7, 11) is 3.30. The molecule has 1 N–H and O–H groups in total. The zero-order chi connectivity index (χ0) is 22.2. The fourth-order valence-corrected chi connectivity index (χ4v) is 3.43. The predicted octanol–water partition coefficient (Wildman–Crippen LogP) is 2.61. The Kier molecular flexibility index (Phi) is 8.05. The molecule has 0 radical (unpaired) electrons. The highest BCUT2D eigenvalue weighted by molar-refractivity contribution is 5.80. The highest BCUT2D eigenvalue weighted by atomic mass is 19.3. The quantitative estimate of drug-likeness (QED) is 0.506. The van der Waals surface area contributed by atoms with E-state index in [1.54, 1.807) is 16.8 Å². The molecule has 0 saturated carbocycles. The van der Waals surface area contributed by atoms with Crippen LogP contribution in [-0.2, 0) is 18.2 Å². The molecule has 1 aromatic heterocycles. The number of ether oxygens (including phenoxy) is 3. The number of aliphatic imine (C=N–C) groups is 1. The van der Waals surface area contributed by atoms with Crippen LogP contribution in [-0.4, -0.2) is 67.1 Å². The molecule has 2 aromatic rings. The van der Waals surface area contributed by atoms with E-state index in [1.165, 1.54) is 7.11 Å². The van der Waals surface area contributed by atoms with Gasteiger partial charge in [-0.15, -0.1) is 0 Å². The van der Waals surface area contributed by atoms with Crippen molar-refractivity contribution in [3.63, 3.8) is 0 Å². The lowest BCUT2D eigenvalue weighted by Gasteiger charge is -2.34. The van der Waals surface area contributed by atoms with E-state index < -0.39 is 6.61 Å². The van der Waals surface area contributed by atoms with Crippen LogP contribution in [0.1, 0.15) is 24.2 Å². The van der Waals surface area contributed by atoms with E-state index in [4.69, 9.17) is 14.5 Å². The molecule has 1 aliphatic heterocycles. The Morgan fingerprint density at radius 2 is 2.23 bits per heavy atom. The number of rotatable bonds is 8. The van der Waals surface area contributed by atoms with Gasteiger partial charge in [0.1, 0.15) is 6.10 Å². The molecule has 1 aromatic carbocycles. The van der Waals surface area contributed by atoms with E-state index in [2.05, 4.69) is 20.1 Å². The molecule has 3 rings (SSSR count). The van der Waals surface area contributed by atoms with Crippen molar-refractivity contribution in [2.75, 3.05) is 39.9 Å². The number of aromatic nitrogens is 2. The molecule has 0 aliphatic carbocycles. The first-order valence-corrected chi connectivity index (χ1v) is 10.2. The Balaban J connectivity index is 1.65. The van der Waals surface area contributed by atoms with Crippen LogP contribution < -0.4 is 14.8 Å². The lowest BCUT2D eigenvalue weighted by molar-refractivity contribution is -0.0512. The third-order valence-electron chi connectivity index (χ3n) is 4.90.